The van der Waals surface area contributed by atoms with Crippen molar-refractivity contribution < 1.29 is 4.39 Å². The molecule has 2 aromatic rings. The van der Waals surface area contributed by atoms with Crippen LogP contribution in [0.1, 0.15) is 5.56 Å². The minimum atomic E-state index is -0.305. The number of halogens is 1. The van der Waals surface area contributed by atoms with Gasteiger partial charge in [-0.1, -0.05) is 0 Å². The molecule has 3 heteroatoms. The highest BCUT2D eigenvalue weighted by Gasteiger charge is 2.03. The van der Waals surface area contributed by atoms with Crippen LogP contribution in [-0.4, -0.2) is 9.97 Å². The Morgan fingerprint density at radius 1 is 1.21 bits per heavy atom. The molecule has 0 amide bonds. The Bertz CT molecular complexity index is 440. The monoisotopic (exact) mass is 188 g/mol. The van der Waals surface area contributed by atoms with Crippen molar-refractivity contribution in [3.05, 3.63) is 48.2 Å². The van der Waals surface area contributed by atoms with E-state index in [9.17, 15) is 4.39 Å². The van der Waals surface area contributed by atoms with Crippen LogP contribution in [0.4, 0.5) is 4.39 Å². The van der Waals surface area contributed by atoms with Gasteiger partial charge in [-0.25, -0.2) is 4.39 Å². The molecule has 2 nitrogen and oxygen atoms in total. The van der Waals surface area contributed by atoms with Gasteiger partial charge in [0.05, 0.1) is 11.9 Å². The molecule has 0 saturated carbocycles. The van der Waals surface area contributed by atoms with Gasteiger partial charge in [0.2, 0.25) is 0 Å². The van der Waals surface area contributed by atoms with Crippen LogP contribution in [0.3, 0.4) is 0 Å². The van der Waals surface area contributed by atoms with Gasteiger partial charge < -0.3 is 0 Å². The Morgan fingerprint density at radius 2 is 1.93 bits per heavy atom. The summed E-state index contributed by atoms with van der Waals surface area (Å²) in [6.45, 7) is 1.84. The van der Waals surface area contributed by atoms with Crippen molar-refractivity contribution >= 4 is 0 Å². The number of hydrogen-bond acceptors (Lipinski definition) is 2. The molecular formula is C11H9FN2. The Kier molecular flexibility index (Phi) is 2.23. The molecule has 2 rings (SSSR count). The Hall–Kier alpha value is -1.77. The lowest BCUT2D eigenvalue weighted by Crippen LogP contribution is -1.89. The third-order valence-corrected chi connectivity index (χ3v) is 2.00. The van der Waals surface area contributed by atoms with Gasteiger partial charge in [-0.15, -0.1) is 0 Å². The molecule has 0 aliphatic rings. The molecule has 2 aromatic heterocycles. The fraction of sp³-hybridized carbons (Fsp3) is 0.0909. The van der Waals surface area contributed by atoms with E-state index in [1.54, 1.807) is 12.4 Å². The second kappa shape index (κ2) is 3.54. The molecule has 70 valence electrons. The molecule has 0 fully saturated rings. The predicted molar refractivity (Wildman–Crippen MR) is 52.2 cm³/mol. The lowest BCUT2D eigenvalue weighted by atomic mass is 10.1. The molecule has 0 saturated heterocycles. The summed E-state index contributed by atoms with van der Waals surface area (Å²) in [4.78, 5) is 7.96. The molecule has 0 aliphatic carbocycles. The fourth-order valence-electron chi connectivity index (χ4n) is 1.35. The first-order valence-corrected chi connectivity index (χ1v) is 4.30. The lowest BCUT2D eigenvalue weighted by Gasteiger charge is -2.03. The van der Waals surface area contributed by atoms with Gasteiger partial charge in [0.1, 0.15) is 5.82 Å². The highest BCUT2D eigenvalue weighted by Crippen LogP contribution is 2.19. The summed E-state index contributed by atoms with van der Waals surface area (Å²) in [5.41, 5.74) is 2.59. The summed E-state index contributed by atoms with van der Waals surface area (Å²) in [6.07, 6.45) is 4.61. The van der Waals surface area contributed by atoms with Crippen molar-refractivity contribution in [1.29, 1.82) is 0 Å². The number of aryl methyl sites for hydroxylation is 1. The Balaban J connectivity index is 2.53. The van der Waals surface area contributed by atoms with Gasteiger partial charge in [-0.05, 0) is 30.7 Å². The van der Waals surface area contributed by atoms with E-state index in [1.165, 1.54) is 12.3 Å². The van der Waals surface area contributed by atoms with Crippen molar-refractivity contribution in [2.24, 2.45) is 0 Å². The number of rotatable bonds is 1. The van der Waals surface area contributed by atoms with Crippen LogP contribution in [0.15, 0.2) is 36.8 Å². The van der Waals surface area contributed by atoms with Crippen LogP contribution in [0.5, 0.6) is 0 Å². The van der Waals surface area contributed by atoms with Gasteiger partial charge in [-0.2, -0.15) is 0 Å². The van der Waals surface area contributed by atoms with Gasteiger partial charge in [-0.3, -0.25) is 9.97 Å². The zero-order valence-electron chi connectivity index (χ0n) is 7.74. The normalized spacial score (nSPS) is 10.1. The maximum absolute atomic E-state index is 12.8. The number of aromatic nitrogens is 2. The number of nitrogens with zero attached hydrogens (tertiary/aromatic N) is 2. The topological polar surface area (TPSA) is 25.8 Å². The Morgan fingerprint density at radius 3 is 2.57 bits per heavy atom. The maximum atomic E-state index is 12.8. The summed E-state index contributed by atoms with van der Waals surface area (Å²) in [7, 11) is 0. The van der Waals surface area contributed by atoms with Crippen LogP contribution in [0.2, 0.25) is 0 Å². The van der Waals surface area contributed by atoms with Crippen LogP contribution >= 0.6 is 0 Å². The maximum Gasteiger partial charge on any atom is 0.141 e. The highest BCUT2D eigenvalue weighted by molar-refractivity contribution is 5.61. The van der Waals surface area contributed by atoms with Crippen molar-refractivity contribution in [3.8, 4) is 11.3 Å². The molecule has 0 aromatic carbocycles. The van der Waals surface area contributed by atoms with E-state index in [4.69, 9.17) is 0 Å². The van der Waals surface area contributed by atoms with E-state index in [0.29, 0.717) is 0 Å². The molecular weight excluding hydrogens is 179 g/mol. The zero-order valence-corrected chi connectivity index (χ0v) is 7.74. The van der Waals surface area contributed by atoms with Crippen LogP contribution in [-0.2, 0) is 0 Å². The SMILES string of the molecule is Cc1cc(F)cnc1-c1ccncc1. The van der Waals surface area contributed by atoms with Crippen molar-refractivity contribution in [2.45, 2.75) is 6.92 Å². The Labute approximate surface area is 81.5 Å². The van der Waals surface area contributed by atoms with Crippen molar-refractivity contribution in [1.82, 2.24) is 9.97 Å². The van der Waals surface area contributed by atoms with Gasteiger partial charge in [0, 0.05) is 18.0 Å². The van der Waals surface area contributed by atoms with Crippen LogP contribution in [0, 0.1) is 12.7 Å². The third-order valence-electron chi connectivity index (χ3n) is 2.00. The summed E-state index contributed by atoms with van der Waals surface area (Å²) in [6, 6.07) is 5.18. The largest absolute Gasteiger partial charge is 0.265 e. The van der Waals surface area contributed by atoms with E-state index in [-0.39, 0.29) is 5.82 Å². The smallest absolute Gasteiger partial charge is 0.141 e. The van der Waals surface area contributed by atoms with Crippen LogP contribution in [0.25, 0.3) is 11.3 Å². The minimum absolute atomic E-state index is 0.305. The first-order chi connectivity index (χ1) is 6.77. The first kappa shape index (κ1) is 8.81. The van der Waals surface area contributed by atoms with Crippen LogP contribution < -0.4 is 0 Å². The van der Waals surface area contributed by atoms with E-state index < -0.39 is 0 Å². The average molecular weight is 188 g/mol. The molecule has 0 spiro atoms. The second-order valence-electron chi connectivity index (χ2n) is 3.05. The quantitative estimate of drug-likeness (QED) is 0.687. The average Bonchev–Trinajstić information content (AvgIpc) is 2.19. The van der Waals surface area contributed by atoms with Crippen molar-refractivity contribution in [2.75, 3.05) is 0 Å². The van der Waals surface area contributed by atoms with E-state index in [2.05, 4.69) is 9.97 Å². The molecule has 14 heavy (non-hydrogen) atoms. The van der Waals surface area contributed by atoms with Gasteiger partial charge in [0.25, 0.3) is 0 Å². The summed E-state index contributed by atoms with van der Waals surface area (Å²) >= 11 is 0. The molecule has 0 aliphatic heterocycles. The zero-order chi connectivity index (χ0) is 9.97. The molecule has 0 bridgehead atoms. The van der Waals surface area contributed by atoms with E-state index >= 15 is 0 Å². The molecule has 0 unspecified atom stereocenters. The molecule has 0 radical (unpaired) electrons. The van der Waals surface area contributed by atoms with E-state index in [0.717, 1.165) is 16.8 Å². The van der Waals surface area contributed by atoms with Gasteiger partial charge in [0.15, 0.2) is 0 Å². The molecule has 2 heterocycles. The summed E-state index contributed by atoms with van der Waals surface area (Å²) in [5, 5.41) is 0. The summed E-state index contributed by atoms with van der Waals surface area (Å²) < 4.78 is 12.8. The molecule has 0 atom stereocenters. The predicted octanol–water partition coefficient (Wildman–Crippen LogP) is 2.59. The number of hydrogen-bond donors (Lipinski definition) is 0. The van der Waals surface area contributed by atoms with E-state index in [1.807, 2.05) is 19.1 Å². The highest BCUT2D eigenvalue weighted by atomic mass is 19.1. The first-order valence-electron chi connectivity index (χ1n) is 4.30. The summed E-state index contributed by atoms with van der Waals surface area (Å²) in [5.74, 6) is -0.305. The minimum Gasteiger partial charge on any atom is -0.265 e. The van der Waals surface area contributed by atoms with Gasteiger partial charge >= 0.3 is 0 Å². The second-order valence-corrected chi connectivity index (χ2v) is 3.05. The fourth-order valence-corrected chi connectivity index (χ4v) is 1.35. The molecule has 0 N–H and O–H groups in total. The number of pyridine rings is 2. The van der Waals surface area contributed by atoms with Crippen molar-refractivity contribution in [3.63, 3.8) is 0 Å². The standard InChI is InChI=1S/C11H9FN2/c1-8-6-10(12)7-14-11(8)9-2-4-13-5-3-9/h2-7H,1H3. The third kappa shape index (κ3) is 1.62. The lowest BCUT2D eigenvalue weighted by molar-refractivity contribution is 0.620.